The molecule has 10 heteroatoms. The second kappa shape index (κ2) is 18.6. The van der Waals surface area contributed by atoms with Crippen LogP contribution in [0.1, 0.15) is 72.9 Å². The molecule has 54 heavy (non-hydrogen) atoms. The Hall–Kier alpha value is -3.96. The maximum absolute atomic E-state index is 13.3. The van der Waals surface area contributed by atoms with Gasteiger partial charge in [-0.15, -0.1) is 0 Å². The van der Waals surface area contributed by atoms with E-state index in [1.807, 2.05) is 62.4 Å². The van der Waals surface area contributed by atoms with Crippen molar-refractivity contribution in [2.45, 2.75) is 104 Å². The van der Waals surface area contributed by atoms with Crippen LogP contribution >= 0.6 is 23.5 Å². The Morgan fingerprint density at radius 1 is 0.648 bits per heavy atom. The highest BCUT2D eigenvalue weighted by Crippen LogP contribution is 2.38. The van der Waals surface area contributed by atoms with E-state index in [0.29, 0.717) is 11.5 Å². The van der Waals surface area contributed by atoms with Gasteiger partial charge >= 0.3 is 11.9 Å². The quantitative estimate of drug-likeness (QED) is 0.0951. The lowest BCUT2D eigenvalue weighted by Crippen LogP contribution is -2.68. The summed E-state index contributed by atoms with van der Waals surface area (Å²) in [4.78, 5) is 32.9. The predicted octanol–water partition coefficient (Wildman–Crippen LogP) is 9.94. The number of aliphatic carboxylic acids is 2. The number of benzene rings is 4. The van der Waals surface area contributed by atoms with Gasteiger partial charge in [-0.05, 0) is 91.4 Å². The third-order valence-corrected chi connectivity index (χ3v) is 11.5. The topological polar surface area (TPSA) is 99.5 Å². The number of rotatable bonds is 18. The highest BCUT2D eigenvalue weighted by atomic mass is 32.2. The lowest BCUT2D eigenvalue weighted by Gasteiger charge is -2.47. The van der Waals surface area contributed by atoms with Gasteiger partial charge < -0.3 is 19.7 Å². The van der Waals surface area contributed by atoms with E-state index in [4.69, 9.17) is 9.47 Å². The standard InChI is InChI=1S/C44H56N2O6S2/c1-31(2)46(27-29-52-37-15-11-13-17-39(37)54-35-24-20-33(21-25-35)43(6,7)8)44(41(49)50,30-40(47)48)45(9)26-28-51-36-14-10-12-16-38(36)53-34-22-18-32(19-23-34)42(3,4)5/h10-25,31H,26-30H2,1-9H3,(H,47,48)(H,49,50). The lowest BCUT2D eigenvalue weighted by molar-refractivity contribution is -0.177. The number of hydrogen-bond donors (Lipinski definition) is 2. The second-order valence-electron chi connectivity index (χ2n) is 15.7. The van der Waals surface area contributed by atoms with Crippen LogP contribution in [-0.4, -0.2) is 77.0 Å². The largest absolute Gasteiger partial charge is 0.491 e. The summed E-state index contributed by atoms with van der Waals surface area (Å²) in [6.45, 7) is 17.5. The summed E-state index contributed by atoms with van der Waals surface area (Å²) in [5.41, 5.74) is 0.769. The first-order chi connectivity index (χ1) is 25.4. The van der Waals surface area contributed by atoms with E-state index < -0.39 is 24.0 Å². The number of likely N-dealkylation sites (N-methyl/N-ethyl adjacent to an activating group) is 1. The first-order valence-electron chi connectivity index (χ1n) is 18.4. The summed E-state index contributed by atoms with van der Waals surface area (Å²) in [6, 6.07) is 32.2. The van der Waals surface area contributed by atoms with Crippen molar-refractivity contribution in [2.75, 3.05) is 33.4 Å². The molecule has 0 amide bonds. The van der Waals surface area contributed by atoms with Gasteiger partial charge in [0.1, 0.15) is 24.7 Å². The molecular formula is C44H56N2O6S2. The molecule has 0 saturated heterocycles. The van der Waals surface area contributed by atoms with Gasteiger partial charge in [0.15, 0.2) is 5.66 Å². The van der Waals surface area contributed by atoms with Crippen molar-refractivity contribution in [3.8, 4) is 11.5 Å². The van der Waals surface area contributed by atoms with Crippen LogP contribution in [0.5, 0.6) is 11.5 Å². The molecule has 4 aromatic carbocycles. The van der Waals surface area contributed by atoms with Crippen LogP contribution in [0, 0.1) is 0 Å². The molecule has 0 aliphatic carbocycles. The van der Waals surface area contributed by atoms with E-state index in [0.717, 1.165) is 19.6 Å². The van der Waals surface area contributed by atoms with Crippen LogP contribution < -0.4 is 9.47 Å². The fourth-order valence-corrected chi connectivity index (χ4v) is 8.04. The fraction of sp³-hybridized carbons (Fsp3) is 0.409. The van der Waals surface area contributed by atoms with Gasteiger partial charge in [0, 0.05) is 28.9 Å². The number of para-hydroxylation sites is 2. The number of carboxylic acids is 2. The van der Waals surface area contributed by atoms with Crippen molar-refractivity contribution in [1.82, 2.24) is 9.80 Å². The minimum atomic E-state index is -1.86. The van der Waals surface area contributed by atoms with Gasteiger partial charge in [-0.2, -0.15) is 0 Å². The highest BCUT2D eigenvalue weighted by molar-refractivity contribution is 7.99. The average Bonchev–Trinajstić information content (AvgIpc) is 3.10. The van der Waals surface area contributed by atoms with Crippen molar-refractivity contribution in [1.29, 1.82) is 0 Å². The Labute approximate surface area is 330 Å². The molecule has 0 aliphatic rings. The Bertz CT molecular complexity index is 1830. The maximum atomic E-state index is 13.3. The molecule has 0 fully saturated rings. The lowest BCUT2D eigenvalue weighted by atomic mass is 9.87. The second-order valence-corrected chi connectivity index (χ2v) is 18.0. The van der Waals surface area contributed by atoms with Gasteiger partial charge in [-0.1, -0.05) is 114 Å². The van der Waals surface area contributed by atoms with Crippen molar-refractivity contribution in [3.63, 3.8) is 0 Å². The molecule has 0 spiro atoms. The Morgan fingerprint density at radius 3 is 1.43 bits per heavy atom. The molecule has 0 aliphatic heterocycles. The van der Waals surface area contributed by atoms with Crippen molar-refractivity contribution < 1.29 is 29.3 Å². The van der Waals surface area contributed by atoms with Crippen LogP contribution in [-0.2, 0) is 20.4 Å². The van der Waals surface area contributed by atoms with E-state index >= 15 is 0 Å². The SMILES string of the molecule is CC(C)N(CCOc1ccccc1Sc1ccc(C(C)(C)C)cc1)C(CC(=O)O)(C(=O)O)N(C)CCOc1ccccc1Sc1ccc(C(C)(C)C)cc1. The van der Waals surface area contributed by atoms with Crippen LogP contribution in [0.25, 0.3) is 0 Å². The van der Waals surface area contributed by atoms with E-state index in [1.165, 1.54) is 11.1 Å². The first-order valence-corrected chi connectivity index (χ1v) is 20.0. The van der Waals surface area contributed by atoms with Gasteiger partial charge in [-0.3, -0.25) is 14.6 Å². The van der Waals surface area contributed by atoms with Crippen molar-refractivity contribution >= 4 is 35.5 Å². The molecule has 290 valence electrons. The van der Waals surface area contributed by atoms with E-state index in [2.05, 4.69) is 90.1 Å². The third-order valence-electron chi connectivity index (χ3n) is 9.34. The highest BCUT2D eigenvalue weighted by Gasteiger charge is 2.50. The molecule has 0 radical (unpaired) electrons. The zero-order valence-corrected chi connectivity index (χ0v) is 34.7. The monoisotopic (exact) mass is 772 g/mol. The van der Waals surface area contributed by atoms with Crippen LogP contribution in [0.4, 0.5) is 0 Å². The smallest absolute Gasteiger partial charge is 0.340 e. The summed E-state index contributed by atoms with van der Waals surface area (Å²) < 4.78 is 12.6. The Balaban J connectivity index is 1.47. The van der Waals surface area contributed by atoms with Gasteiger partial charge in [-0.25, -0.2) is 4.79 Å². The number of carbonyl (C=O) groups is 2. The number of nitrogens with zero attached hydrogens (tertiary/aromatic N) is 2. The zero-order chi connectivity index (χ0) is 39.7. The molecule has 0 saturated carbocycles. The third kappa shape index (κ3) is 11.3. The average molecular weight is 773 g/mol. The summed E-state index contributed by atoms with van der Waals surface area (Å²) in [5, 5.41) is 20.9. The summed E-state index contributed by atoms with van der Waals surface area (Å²) in [6.07, 6.45) is -0.634. The number of ether oxygens (including phenoxy) is 2. The van der Waals surface area contributed by atoms with Crippen LogP contribution in [0.2, 0.25) is 0 Å². The number of hydrogen-bond acceptors (Lipinski definition) is 8. The molecule has 4 aromatic rings. The minimum absolute atomic E-state index is 0.0593. The van der Waals surface area contributed by atoms with Crippen molar-refractivity contribution in [3.05, 3.63) is 108 Å². The van der Waals surface area contributed by atoms with Crippen LogP contribution in [0.3, 0.4) is 0 Å². The van der Waals surface area contributed by atoms with Gasteiger partial charge in [0.25, 0.3) is 0 Å². The van der Waals surface area contributed by atoms with Gasteiger partial charge in [0.2, 0.25) is 0 Å². The molecular weight excluding hydrogens is 717 g/mol. The van der Waals surface area contributed by atoms with E-state index in [1.54, 1.807) is 40.4 Å². The zero-order valence-electron chi connectivity index (χ0n) is 33.1. The Morgan fingerprint density at radius 2 is 1.06 bits per heavy atom. The number of carboxylic acid groups (broad SMARTS) is 2. The van der Waals surface area contributed by atoms with Crippen LogP contribution in [0.15, 0.2) is 117 Å². The van der Waals surface area contributed by atoms with E-state index in [-0.39, 0.29) is 43.2 Å². The summed E-state index contributed by atoms with van der Waals surface area (Å²) in [5.74, 6) is -1.11. The molecule has 0 heterocycles. The molecule has 4 rings (SSSR count). The normalized spacial score (nSPS) is 13.3. The fourth-order valence-electron chi connectivity index (χ4n) is 6.24. The molecule has 1 atom stereocenters. The maximum Gasteiger partial charge on any atom is 0.340 e. The summed E-state index contributed by atoms with van der Waals surface area (Å²) >= 11 is 3.19. The molecule has 0 bridgehead atoms. The molecule has 8 nitrogen and oxygen atoms in total. The van der Waals surface area contributed by atoms with Crippen molar-refractivity contribution in [2.24, 2.45) is 0 Å². The molecule has 0 aromatic heterocycles. The molecule has 1 unspecified atom stereocenters. The minimum Gasteiger partial charge on any atom is -0.491 e. The van der Waals surface area contributed by atoms with E-state index in [9.17, 15) is 19.8 Å². The predicted molar refractivity (Wildman–Crippen MR) is 219 cm³/mol. The Kier molecular flexibility index (Phi) is 14.7. The summed E-state index contributed by atoms with van der Waals surface area (Å²) in [7, 11) is 1.64. The van der Waals surface area contributed by atoms with Gasteiger partial charge in [0.05, 0.1) is 16.2 Å². The molecule has 2 N–H and O–H groups in total. The first kappa shape index (κ1) is 42.8.